The van der Waals surface area contributed by atoms with Crippen molar-refractivity contribution in [2.24, 2.45) is 0 Å². The van der Waals surface area contributed by atoms with Crippen molar-refractivity contribution in [3.05, 3.63) is 78.6 Å². The topological polar surface area (TPSA) is 6.48 Å². The Morgan fingerprint density at radius 3 is 1.62 bits per heavy atom. The first kappa shape index (κ1) is 26.4. The smallest absolute Gasteiger partial charge is 0.109 e. The van der Waals surface area contributed by atoms with Crippen LogP contribution in [0.4, 0.5) is 5.69 Å². The first-order valence-corrected chi connectivity index (χ1v) is 14.2. The molecule has 2 aromatic rings. The summed E-state index contributed by atoms with van der Waals surface area (Å²) in [6, 6.07) is 21.7. The van der Waals surface area contributed by atoms with Crippen molar-refractivity contribution in [3.8, 4) is 0 Å². The van der Waals surface area contributed by atoms with E-state index in [-0.39, 0.29) is 0 Å². The molecule has 0 spiro atoms. The predicted molar refractivity (Wildman–Crippen MR) is 149 cm³/mol. The first-order chi connectivity index (χ1) is 16.9. The van der Waals surface area contributed by atoms with Gasteiger partial charge < -0.3 is 9.80 Å². The van der Waals surface area contributed by atoms with E-state index in [2.05, 4.69) is 89.8 Å². The molecule has 0 fully saturated rings. The molecule has 1 heterocycles. The predicted octanol–water partition coefficient (Wildman–Crippen LogP) is 9.33. The summed E-state index contributed by atoms with van der Waals surface area (Å²) >= 11 is 0. The third kappa shape index (κ3) is 9.57. The second-order valence-corrected chi connectivity index (χ2v) is 10.0. The van der Waals surface area contributed by atoms with Crippen LogP contribution in [0.25, 0.3) is 0 Å². The summed E-state index contributed by atoms with van der Waals surface area (Å²) in [5.41, 5.74) is 2.69. The molecule has 3 rings (SSSR count). The number of hydrogen-bond donors (Lipinski definition) is 0. The van der Waals surface area contributed by atoms with E-state index in [9.17, 15) is 0 Å². The van der Waals surface area contributed by atoms with E-state index in [1.807, 2.05) is 0 Å². The van der Waals surface area contributed by atoms with Crippen molar-refractivity contribution in [3.63, 3.8) is 0 Å². The molecule has 2 heteroatoms. The summed E-state index contributed by atoms with van der Waals surface area (Å²) < 4.78 is 0. The number of benzene rings is 2. The number of para-hydroxylation sites is 1. The van der Waals surface area contributed by atoms with Crippen LogP contribution in [0, 0.1) is 0 Å². The maximum Gasteiger partial charge on any atom is 0.109 e. The van der Waals surface area contributed by atoms with Crippen LogP contribution in [0.5, 0.6) is 0 Å². The molecule has 0 aliphatic carbocycles. The maximum absolute atomic E-state index is 2.56. The number of hydrogen-bond acceptors (Lipinski definition) is 2. The van der Waals surface area contributed by atoms with Gasteiger partial charge in [-0.05, 0) is 24.1 Å². The number of rotatable bonds is 18. The Bertz CT molecular complexity index is 770. The van der Waals surface area contributed by atoms with Gasteiger partial charge in [-0.25, -0.2) is 0 Å². The summed E-state index contributed by atoms with van der Waals surface area (Å²) in [6.07, 6.45) is 25.8. The summed E-state index contributed by atoms with van der Waals surface area (Å²) in [5, 5.41) is 0. The molecule has 0 N–H and O–H groups in total. The number of nitrogens with zero attached hydrogens (tertiary/aromatic N) is 2. The third-order valence-electron chi connectivity index (χ3n) is 7.21. The molecule has 1 aliphatic heterocycles. The highest BCUT2D eigenvalue weighted by atomic mass is 15.4. The lowest BCUT2D eigenvalue weighted by molar-refractivity contribution is 0.290. The van der Waals surface area contributed by atoms with E-state index in [0.29, 0.717) is 6.17 Å². The van der Waals surface area contributed by atoms with Crippen molar-refractivity contribution >= 4 is 5.69 Å². The molecule has 0 amide bonds. The maximum atomic E-state index is 2.56. The minimum absolute atomic E-state index is 0.367. The molecular weight excluding hydrogens is 412 g/mol. The van der Waals surface area contributed by atoms with E-state index >= 15 is 0 Å². The average molecular weight is 461 g/mol. The van der Waals surface area contributed by atoms with Crippen LogP contribution in [0.3, 0.4) is 0 Å². The van der Waals surface area contributed by atoms with Crippen LogP contribution < -0.4 is 4.90 Å². The van der Waals surface area contributed by atoms with Crippen LogP contribution in [0.2, 0.25) is 0 Å². The van der Waals surface area contributed by atoms with Gasteiger partial charge in [0.1, 0.15) is 6.17 Å². The van der Waals surface area contributed by atoms with Gasteiger partial charge in [-0.15, -0.1) is 0 Å². The Kier molecular flexibility index (Phi) is 12.7. The monoisotopic (exact) mass is 460 g/mol. The lowest BCUT2D eigenvalue weighted by atomic mass is 10.0. The van der Waals surface area contributed by atoms with Crippen LogP contribution in [0.15, 0.2) is 73.1 Å². The van der Waals surface area contributed by atoms with E-state index in [4.69, 9.17) is 0 Å². The zero-order valence-corrected chi connectivity index (χ0v) is 21.7. The Labute approximate surface area is 210 Å². The normalized spacial score (nSPS) is 15.4. The van der Waals surface area contributed by atoms with Crippen LogP contribution in [-0.2, 0) is 6.42 Å². The van der Waals surface area contributed by atoms with Crippen LogP contribution in [0.1, 0.15) is 102 Å². The molecular formula is C32H48N2. The summed E-state index contributed by atoms with van der Waals surface area (Å²) in [4.78, 5) is 5.00. The average Bonchev–Trinajstić information content (AvgIpc) is 3.27. The summed E-state index contributed by atoms with van der Waals surface area (Å²) in [5.74, 6) is 0. The molecule has 186 valence electrons. The molecule has 0 bridgehead atoms. The Morgan fingerprint density at radius 1 is 0.559 bits per heavy atom. The Morgan fingerprint density at radius 2 is 1.06 bits per heavy atom. The largest absolute Gasteiger partial charge is 0.355 e. The van der Waals surface area contributed by atoms with Crippen LogP contribution >= 0.6 is 0 Å². The van der Waals surface area contributed by atoms with Crippen molar-refractivity contribution in [1.29, 1.82) is 0 Å². The van der Waals surface area contributed by atoms with E-state index in [0.717, 1.165) is 13.0 Å². The molecule has 0 saturated heterocycles. The van der Waals surface area contributed by atoms with Gasteiger partial charge in [0.05, 0.1) is 0 Å². The standard InChI is InChI=1S/C32H48N2/c1-2-3-4-5-6-7-8-9-10-11-12-13-14-21-26-33-27-28-34(31-24-19-16-20-25-31)32(33)29-30-22-17-15-18-23-30/h15-20,22-25,27-28,32H,2-14,21,26,29H2,1H3. The minimum Gasteiger partial charge on any atom is -0.355 e. The van der Waals surface area contributed by atoms with E-state index < -0.39 is 0 Å². The van der Waals surface area contributed by atoms with Gasteiger partial charge in [-0.2, -0.15) is 0 Å². The highest BCUT2D eigenvalue weighted by Gasteiger charge is 2.27. The van der Waals surface area contributed by atoms with Crippen molar-refractivity contribution < 1.29 is 0 Å². The Hall–Kier alpha value is -2.22. The molecule has 1 atom stereocenters. The molecule has 34 heavy (non-hydrogen) atoms. The fraction of sp³-hybridized carbons (Fsp3) is 0.562. The van der Waals surface area contributed by atoms with E-state index in [1.165, 1.54) is 101 Å². The second kappa shape index (κ2) is 16.4. The third-order valence-corrected chi connectivity index (χ3v) is 7.21. The lowest BCUT2D eigenvalue weighted by Gasteiger charge is -2.33. The molecule has 0 radical (unpaired) electrons. The summed E-state index contributed by atoms with van der Waals surface area (Å²) in [7, 11) is 0. The zero-order chi connectivity index (χ0) is 23.7. The fourth-order valence-corrected chi connectivity index (χ4v) is 5.13. The van der Waals surface area contributed by atoms with Crippen molar-refractivity contribution in [2.45, 2.75) is 109 Å². The molecule has 2 aromatic carbocycles. The van der Waals surface area contributed by atoms with Gasteiger partial charge >= 0.3 is 0 Å². The number of unbranched alkanes of at least 4 members (excludes halogenated alkanes) is 13. The van der Waals surface area contributed by atoms with Gasteiger partial charge in [0.15, 0.2) is 0 Å². The molecule has 1 unspecified atom stereocenters. The minimum atomic E-state index is 0.367. The van der Waals surface area contributed by atoms with Crippen molar-refractivity contribution in [2.75, 3.05) is 11.4 Å². The number of anilines is 1. The quantitative estimate of drug-likeness (QED) is 0.204. The Balaban J connectivity index is 1.30. The second-order valence-electron chi connectivity index (χ2n) is 10.0. The molecule has 0 aromatic heterocycles. The van der Waals surface area contributed by atoms with Gasteiger partial charge in [-0.1, -0.05) is 139 Å². The van der Waals surface area contributed by atoms with Gasteiger partial charge in [0, 0.05) is 31.1 Å². The van der Waals surface area contributed by atoms with Gasteiger partial charge in [0.25, 0.3) is 0 Å². The fourth-order valence-electron chi connectivity index (χ4n) is 5.13. The zero-order valence-electron chi connectivity index (χ0n) is 21.7. The lowest BCUT2D eigenvalue weighted by Crippen LogP contribution is -2.40. The molecule has 1 aliphatic rings. The van der Waals surface area contributed by atoms with Gasteiger partial charge in [0.2, 0.25) is 0 Å². The molecule has 2 nitrogen and oxygen atoms in total. The van der Waals surface area contributed by atoms with Crippen LogP contribution in [-0.4, -0.2) is 17.6 Å². The highest BCUT2D eigenvalue weighted by Crippen LogP contribution is 2.27. The van der Waals surface area contributed by atoms with E-state index in [1.54, 1.807) is 0 Å². The summed E-state index contributed by atoms with van der Waals surface area (Å²) in [6.45, 7) is 3.45. The molecule has 0 saturated carbocycles. The van der Waals surface area contributed by atoms with Crippen molar-refractivity contribution in [1.82, 2.24) is 4.90 Å². The van der Waals surface area contributed by atoms with Gasteiger partial charge in [-0.3, -0.25) is 0 Å². The SMILES string of the molecule is CCCCCCCCCCCCCCCCN1C=CN(c2ccccc2)C1Cc1ccccc1. The highest BCUT2D eigenvalue weighted by molar-refractivity contribution is 5.51. The first-order valence-electron chi connectivity index (χ1n) is 14.2.